The van der Waals surface area contributed by atoms with Crippen molar-refractivity contribution in [2.24, 2.45) is 0 Å². The van der Waals surface area contributed by atoms with E-state index in [-0.39, 0.29) is 0 Å². The Morgan fingerprint density at radius 2 is 1.81 bits per heavy atom. The predicted octanol–water partition coefficient (Wildman–Crippen LogP) is 3.89. The largest absolute Gasteiger partial charge is 0.388 e. The second kappa shape index (κ2) is 5.70. The molecule has 108 valence electrons. The molecule has 1 aromatic heterocycles. The van der Waals surface area contributed by atoms with Crippen molar-refractivity contribution in [2.45, 2.75) is 32.4 Å². The monoisotopic (exact) mass is 280 g/mol. The van der Waals surface area contributed by atoms with Gasteiger partial charge in [-0.3, -0.25) is 4.68 Å². The van der Waals surface area contributed by atoms with E-state index in [4.69, 9.17) is 0 Å². The molecule has 3 rings (SSSR count). The fourth-order valence-electron chi connectivity index (χ4n) is 2.50. The Bertz CT molecular complexity index is 746. The number of fused-ring (bicyclic) bond motifs is 1. The molecule has 3 aromatic rings. The molecule has 1 N–H and O–H groups in total. The van der Waals surface area contributed by atoms with Crippen molar-refractivity contribution >= 4 is 10.8 Å². The summed E-state index contributed by atoms with van der Waals surface area (Å²) < 4.78 is 1.92. The molecule has 0 amide bonds. The third kappa shape index (κ3) is 2.98. The maximum atomic E-state index is 10.4. The molecule has 0 radical (unpaired) electrons. The molecule has 3 heteroatoms. The highest BCUT2D eigenvalue weighted by Gasteiger charge is 2.11. The van der Waals surface area contributed by atoms with Gasteiger partial charge in [-0.15, -0.1) is 0 Å². The minimum atomic E-state index is -0.523. The highest BCUT2D eigenvalue weighted by Crippen LogP contribution is 2.22. The Labute approximate surface area is 124 Å². The molecular formula is C18H20N2O. The van der Waals surface area contributed by atoms with Crippen LogP contribution in [-0.2, 0) is 6.42 Å². The first-order chi connectivity index (χ1) is 10.1. The third-order valence-electron chi connectivity index (χ3n) is 3.75. The zero-order valence-corrected chi connectivity index (χ0v) is 12.4. The number of benzene rings is 2. The molecule has 1 atom stereocenters. The number of hydrogen-bond acceptors (Lipinski definition) is 2. The quantitative estimate of drug-likeness (QED) is 0.787. The van der Waals surface area contributed by atoms with Crippen molar-refractivity contribution in [2.75, 3.05) is 0 Å². The van der Waals surface area contributed by atoms with Crippen LogP contribution in [-0.4, -0.2) is 14.9 Å². The van der Waals surface area contributed by atoms with E-state index >= 15 is 0 Å². The highest BCUT2D eigenvalue weighted by molar-refractivity contribution is 5.83. The van der Waals surface area contributed by atoms with E-state index in [1.54, 1.807) is 0 Å². The minimum Gasteiger partial charge on any atom is -0.388 e. The summed E-state index contributed by atoms with van der Waals surface area (Å²) in [5.41, 5.74) is 1.86. The van der Waals surface area contributed by atoms with E-state index in [0.29, 0.717) is 12.5 Å². The Hall–Kier alpha value is -2.13. The lowest BCUT2D eigenvalue weighted by atomic mass is 10.0. The van der Waals surface area contributed by atoms with Crippen LogP contribution in [0.15, 0.2) is 54.7 Å². The first kappa shape index (κ1) is 13.8. The highest BCUT2D eigenvalue weighted by atomic mass is 16.3. The number of aliphatic hydroxyl groups is 1. The Morgan fingerprint density at radius 1 is 1.05 bits per heavy atom. The molecule has 0 spiro atoms. The van der Waals surface area contributed by atoms with Gasteiger partial charge in [0.15, 0.2) is 0 Å². The van der Waals surface area contributed by atoms with Crippen molar-refractivity contribution in [3.05, 3.63) is 66.0 Å². The lowest BCUT2D eigenvalue weighted by Crippen LogP contribution is -2.05. The molecule has 1 unspecified atom stereocenters. The van der Waals surface area contributed by atoms with E-state index in [1.165, 1.54) is 5.39 Å². The normalized spacial score (nSPS) is 13.0. The molecule has 0 saturated carbocycles. The van der Waals surface area contributed by atoms with Gasteiger partial charge in [-0.2, -0.15) is 5.10 Å². The van der Waals surface area contributed by atoms with Crippen LogP contribution in [0.25, 0.3) is 10.8 Å². The third-order valence-corrected chi connectivity index (χ3v) is 3.75. The fourth-order valence-corrected chi connectivity index (χ4v) is 2.50. The smallest absolute Gasteiger partial charge is 0.0846 e. The Balaban J connectivity index is 1.80. The van der Waals surface area contributed by atoms with Crippen LogP contribution in [0.2, 0.25) is 0 Å². The zero-order chi connectivity index (χ0) is 14.8. The molecule has 0 bridgehead atoms. The molecule has 0 saturated heterocycles. The molecular weight excluding hydrogens is 260 g/mol. The topological polar surface area (TPSA) is 38.0 Å². The molecule has 0 aliphatic heterocycles. The standard InChI is InChI=1S/C18H20N2O/c1-13(2)20-10-9-17(19-20)12-18(21)16-8-7-14-5-3-4-6-15(14)11-16/h3-11,13,18,21H,12H2,1-2H3. The predicted molar refractivity (Wildman–Crippen MR) is 85.2 cm³/mol. The number of aromatic nitrogens is 2. The summed E-state index contributed by atoms with van der Waals surface area (Å²) in [6.45, 7) is 4.19. The van der Waals surface area contributed by atoms with Gasteiger partial charge in [-0.25, -0.2) is 0 Å². The van der Waals surface area contributed by atoms with E-state index < -0.39 is 6.10 Å². The number of rotatable bonds is 4. The van der Waals surface area contributed by atoms with Crippen molar-refractivity contribution in [1.29, 1.82) is 0 Å². The first-order valence-corrected chi connectivity index (χ1v) is 7.34. The van der Waals surface area contributed by atoms with Gasteiger partial charge in [0.2, 0.25) is 0 Å². The average Bonchev–Trinajstić information content (AvgIpc) is 2.95. The minimum absolute atomic E-state index is 0.344. The first-order valence-electron chi connectivity index (χ1n) is 7.34. The van der Waals surface area contributed by atoms with Crippen LogP contribution in [0.4, 0.5) is 0 Å². The van der Waals surface area contributed by atoms with Gasteiger partial charge in [0.1, 0.15) is 0 Å². The molecule has 2 aromatic carbocycles. The van der Waals surface area contributed by atoms with Gasteiger partial charge in [-0.1, -0.05) is 36.4 Å². The summed E-state index contributed by atoms with van der Waals surface area (Å²) in [5, 5.41) is 17.3. The fraction of sp³-hybridized carbons (Fsp3) is 0.278. The molecule has 0 fully saturated rings. The SMILES string of the molecule is CC(C)n1ccc(CC(O)c2ccc3ccccc3c2)n1. The summed E-state index contributed by atoms with van der Waals surface area (Å²) in [7, 11) is 0. The van der Waals surface area contributed by atoms with Gasteiger partial charge in [-0.05, 0) is 42.3 Å². The van der Waals surface area contributed by atoms with E-state index in [9.17, 15) is 5.11 Å². The van der Waals surface area contributed by atoms with E-state index in [1.807, 2.05) is 35.1 Å². The van der Waals surface area contributed by atoms with E-state index in [0.717, 1.165) is 16.6 Å². The summed E-state index contributed by atoms with van der Waals surface area (Å²) in [6.07, 6.45) is 1.98. The molecule has 3 nitrogen and oxygen atoms in total. The van der Waals surface area contributed by atoms with Crippen LogP contribution in [0.1, 0.15) is 37.3 Å². The lowest BCUT2D eigenvalue weighted by molar-refractivity contribution is 0.177. The van der Waals surface area contributed by atoms with Gasteiger partial charge < -0.3 is 5.11 Å². The van der Waals surface area contributed by atoms with Crippen molar-refractivity contribution in [3.63, 3.8) is 0 Å². The van der Waals surface area contributed by atoms with Gasteiger partial charge in [0, 0.05) is 18.7 Å². The number of hydrogen-bond donors (Lipinski definition) is 1. The summed E-state index contributed by atoms with van der Waals surface area (Å²) in [6, 6.07) is 16.6. The van der Waals surface area contributed by atoms with Gasteiger partial charge in [0.05, 0.1) is 11.8 Å². The second-order valence-electron chi connectivity index (χ2n) is 5.71. The Kier molecular flexibility index (Phi) is 3.76. The number of aliphatic hydroxyl groups excluding tert-OH is 1. The molecule has 21 heavy (non-hydrogen) atoms. The van der Waals surface area contributed by atoms with Crippen LogP contribution < -0.4 is 0 Å². The maximum Gasteiger partial charge on any atom is 0.0846 e. The van der Waals surface area contributed by atoms with Crippen molar-refractivity contribution < 1.29 is 5.11 Å². The van der Waals surface area contributed by atoms with Gasteiger partial charge in [0.25, 0.3) is 0 Å². The molecule has 0 aliphatic carbocycles. The number of nitrogens with zero attached hydrogens (tertiary/aromatic N) is 2. The van der Waals surface area contributed by atoms with Crippen LogP contribution in [0.3, 0.4) is 0 Å². The summed E-state index contributed by atoms with van der Waals surface area (Å²) in [4.78, 5) is 0. The molecule has 0 aliphatic rings. The zero-order valence-electron chi connectivity index (χ0n) is 12.4. The van der Waals surface area contributed by atoms with Gasteiger partial charge >= 0.3 is 0 Å². The maximum absolute atomic E-state index is 10.4. The summed E-state index contributed by atoms with van der Waals surface area (Å²) in [5.74, 6) is 0. The van der Waals surface area contributed by atoms with Crippen molar-refractivity contribution in [3.8, 4) is 0 Å². The van der Waals surface area contributed by atoms with Crippen molar-refractivity contribution in [1.82, 2.24) is 9.78 Å². The Morgan fingerprint density at radius 3 is 2.52 bits per heavy atom. The second-order valence-corrected chi connectivity index (χ2v) is 5.71. The molecule has 1 heterocycles. The summed E-state index contributed by atoms with van der Waals surface area (Å²) >= 11 is 0. The average molecular weight is 280 g/mol. The van der Waals surface area contributed by atoms with Crippen LogP contribution >= 0.6 is 0 Å². The van der Waals surface area contributed by atoms with Crippen LogP contribution in [0, 0.1) is 0 Å². The van der Waals surface area contributed by atoms with Crippen LogP contribution in [0.5, 0.6) is 0 Å². The van der Waals surface area contributed by atoms with E-state index in [2.05, 4.69) is 43.2 Å². The lowest BCUT2D eigenvalue weighted by Gasteiger charge is -2.11.